The van der Waals surface area contributed by atoms with Crippen molar-refractivity contribution in [2.24, 2.45) is 0 Å². The molecule has 0 aliphatic heterocycles. The third-order valence-corrected chi connectivity index (χ3v) is 3.24. The van der Waals surface area contributed by atoms with Gasteiger partial charge >= 0.3 is 0 Å². The highest BCUT2D eigenvalue weighted by Gasteiger charge is 2.19. The maximum Gasteiger partial charge on any atom is 0.221 e. The molecule has 1 heterocycles. The molecular formula is C15H19NO2. The van der Waals surface area contributed by atoms with Crippen LogP contribution in [0, 0.1) is 0 Å². The highest BCUT2D eigenvalue weighted by Crippen LogP contribution is 2.29. The minimum absolute atomic E-state index is 0.00896. The number of benzene rings is 1. The number of fused-ring (bicyclic) bond motifs is 1. The lowest BCUT2D eigenvalue weighted by atomic mass is 10.1. The molecule has 0 atom stereocenters. The molecule has 0 amide bonds. The van der Waals surface area contributed by atoms with Crippen molar-refractivity contribution >= 4 is 10.8 Å². The molecule has 18 heavy (non-hydrogen) atoms. The molecule has 0 bridgehead atoms. The SMILES string of the molecule is CCC(C)(C)Oc1ncc(CO)c2ccccc12. The van der Waals surface area contributed by atoms with Crippen LogP contribution in [0.4, 0.5) is 0 Å². The second-order valence-corrected chi connectivity index (χ2v) is 5.01. The summed E-state index contributed by atoms with van der Waals surface area (Å²) in [7, 11) is 0. The molecule has 3 heteroatoms. The van der Waals surface area contributed by atoms with Crippen LogP contribution in [0.5, 0.6) is 5.88 Å². The first-order valence-electron chi connectivity index (χ1n) is 6.24. The van der Waals surface area contributed by atoms with Gasteiger partial charge in [0.2, 0.25) is 5.88 Å². The maximum atomic E-state index is 9.32. The molecule has 0 fully saturated rings. The number of hydrogen-bond donors (Lipinski definition) is 1. The molecule has 0 spiro atoms. The minimum atomic E-state index is -0.240. The summed E-state index contributed by atoms with van der Waals surface area (Å²) in [6.45, 7) is 6.17. The topological polar surface area (TPSA) is 42.4 Å². The van der Waals surface area contributed by atoms with E-state index in [1.54, 1.807) is 6.20 Å². The van der Waals surface area contributed by atoms with E-state index in [9.17, 15) is 5.11 Å². The van der Waals surface area contributed by atoms with E-state index in [1.807, 2.05) is 38.1 Å². The van der Waals surface area contributed by atoms with Gasteiger partial charge in [0, 0.05) is 17.1 Å². The number of aliphatic hydroxyl groups excluding tert-OH is 1. The normalized spacial score (nSPS) is 11.8. The molecule has 0 aliphatic rings. The lowest BCUT2D eigenvalue weighted by molar-refractivity contribution is 0.101. The number of ether oxygens (including phenoxy) is 1. The lowest BCUT2D eigenvalue weighted by Gasteiger charge is -2.25. The van der Waals surface area contributed by atoms with E-state index in [0.717, 1.165) is 22.8 Å². The number of aromatic nitrogens is 1. The number of hydrogen-bond acceptors (Lipinski definition) is 3. The van der Waals surface area contributed by atoms with E-state index in [4.69, 9.17) is 4.74 Å². The predicted octanol–water partition coefficient (Wildman–Crippen LogP) is 3.29. The Labute approximate surface area is 107 Å². The highest BCUT2D eigenvalue weighted by atomic mass is 16.5. The van der Waals surface area contributed by atoms with Gasteiger partial charge in [-0.15, -0.1) is 0 Å². The fourth-order valence-electron chi connectivity index (χ4n) is 1.77. The number of rotatable bonds is 4. The Balaban J connectivity index is 2.53. The molecule has 2 aromatic rings. The van der Waals surface area contributed by atoms with Crippen LogP contribution >= 0.6 is 0 Å². The van der Waals surface area contributed by atoms with Gasteiger partial charge in [-0.3, -0.25) is 0 Å². The second kappa shape index (κ2) is 4.94. The van der Waals surface area contributed by atoms with Crippen molar-refractivity contribution in [1.82, 2.24) is 4.98 Å². The van der Waals surface area contributed by atoms with Crippen LogP contribution in [0.15, 0.2) is 30.5 Å². The Hall–Kier alpha value is -1.61. The highest BCUT2D eigenvalue weighted by molar-refractivity contribution is 5.89. The third-order valence-electron chi connectivity index (χ3n) is 3.24. The molecule has 1 aromatic heterocycles. The first-order valence-corrected chi connectivity index (χ1v) is 6.24. The first kappa shape index (κ1) is 12.8. The van der Waals surface area contributed by atoms with Gasteiger partial charge in [-0.2, -0.15) is 0 Å². The third kappa shape index (κ3) is 2.46. The van der Waals surface area contributed by atoms with E-state index in [1.165, 1.54) is 0 Å². The summed E-state index contributed by atoms with van der Waals surface area (Å²) in [5.41, 5.74) is 0.587. The molecule has 1 N–H and O–H groups in total. The van der Waals surface area contributed by atoms with Gasteiger partial charge in [-0.1, -0.05) is 25.1 Å². The Morgan fingerprint density at radius 3 is 2.50 bits per heavy atom. The zero-order valence-electron chi connectivity index (χ0n) is 11.1. The van der Waals surface area contributed by atoms with Crippen LogP contribution in [-0.4, -0.2) is 15.7 Å². The van der Waals surface area contributed by atoms with Crippen LogP contribution < -0.4 is 4.74 Å². The molecule has 0 saturated carbocycles. The van der Waals surface area contributed by atoms with Gasteiger partial charge in [-0.25, -0.2) is 4.98 Å². The lowest BCUT2D eigenvalue weighted by Crippen LogP contribution is -2.27. The molecule has 1 aromatic carbocycles. The number of nitrogens with zero attached hydrogens (tertiary/aromatic N) is 1. The Bertz CT molecular complexity index is 549. The molecule has 0 aliphatic carbocycles. The predicted molar refractivity (Wildman–Crippen MR) is 72.7 cm³/mol. The van der Waals surface area contributed by atoms with E-state index >= 15 is 0 Å². The summed E-state index contributed by atoms with van der Waals surface area (Å²) in [4.78, 5) is 4.33. The average Bonchev–Trinajstić information content (AvgIpc) is 2.39. The maximum absolute atomic E-state index is 9.32. The van der Waals surface area contributed by atoms with Crippen LogP contribution in [0.2, 0.25) is 0 Å². The van der Waals surface area contributed by atoms with E-state index in [0.29, 0.717) is 5.88 Å². The van der Waals surface area contributed by atoms with Gasteiger partial charge in [0.1, 0.15) is 5.60 Å². The molecule has 0 radical (unpaired) electrons. The summed E-state index contributed by atoms with van der Waals surface area (Å²) < 4.78 is 5.97. The van der Waals surface area contributed by atoms with Gasteiger partial charge in [0.15, 0.2) is 0 Å². The van der Waals surface area contributed by atoms with Crippen molar-refractivity contribution in [1.29, 1.82) is 0 Å². The first-order chi connectivity index (χ1) is 8.57. The van der Waals surface area contributed by atoms with Crippen molar-refractivity contribution in [2.45, 2.75) is 39.4 Å². The smallest absolute Gasteiger partial charge is 0.221 e. The number of aliphatic hydroxyl groups is 1. The zero-order chi connectivity index (χ0) is 13.2. The van der Waals surface area contributed by atoms with Gasteiger partial charge in [0.25, 0.3) is 0 Å². The molecule has 3 nitrogen and oxygen atoms in total. The Morgan fingerprint density at radius 2 is 1.89 bits per heavy atom. The Kier molecular flexibility index (Phi) is 3.53. The molecule has 0 unspecified atom stereocenters. The average molecular weight is 245 g/mol. The van der Waals surface area contributed by atoms with Crippen molar-refractivity contribution in [3.8, 4) is 5.88 Å². The van der Waals surface area contributed by atoms with Crippen LogP contribution in [-0.2, 0) is 6.61 Å². The molecule has 2 rings (SSSR count). The summed E-state index contributed by atoms with van der Waals surface area (Å²) >= 11 is 0. The van der Waals surface area contributed by atoms with Crippen LogP contribution in [0.1, 0.15) is 32.8 Å². The fraction of sp³-hybridized carbons (Fsp3) is 0.400. The Morgan fingerprint density at radius 1 is 1.22 bits per heavy atom. The summed E-state index contributed by atoms with van der Waals surface area (Å²) in [6, 6.07) is 7.87. The number of pyridine rings is 1. The summed E-state index contributed by atoms with van der Waals surface area (Å²) in [6.07, 6.45) is 2.59. The summed E-state index contributed by atoms with van der Waals surface area (Å²) in [5.74, 6) is 0.634. The fourth-order valence-corrected chi connectivity index (χ4v) is 1.77. The van der Waals surface area contributed by atoms with Gasteiger partial charge in [-0.05, 0) is 31.7 Å². The molecular weight excluding hydrogens is 226 g/mol. The minimum Gasteiger partial charge on any atom is -0.471 e. The molecule has 0 saturated heterocycles. The monoisotopic (exact) mass is 245 g/mol. The van der Waals surface area contributed by atoms with Crippen molar-refractivity contribution in [3.63, 3.8) is 0 Å². The van der Waals surface area contributed by atoms with Gasteiger partial charge in [0.05, 0.1) is 6.61 Å². The van der Waals surface area contributed by atoms with E-state index in [2.05, 4.69) is 11.9 Å². The van der Waals surface area contributed by atoms with Gasteiger partial charge < -0.3 is 9.84 Å². The van der Waals surface area contributed by atoms with Crippen molar-refractivity contribution in [3.05, 3.63) is 36.0 Å². The zero-order valence-corrected chi connectivity index (χ0v) is 11.1. The quantitative estimate of drug-likeness (QED) is 0.898. The van der Waals surface area contributed by atoms with Crippen molar-refractivity contribution < 1.29 is 9.84 Å². The molecule has 96 valence electrons. The standard InChI is InChI=1S/C15H19NO2/c1-4-15(2,3)18-14-13-8-6-5-7-12(13)11(10-17)9-16-14/h5-9,17H,4,10H2,1-3H3. The van der Waals surface area contributed by atoms with Crippen LogP contribution in [0.25, 0.3) is 10.8 Å². The van der Waals surface area contributed by atoms with E-state index in [-0.39, 0.29) is 12.2 Å². The van der Waals surface area contributed by atoms with Crippen LogP contribution in [0.3, 0.4) is 0 Å². The summed E-state index contributed by atoms with van der Waals surface area (Å²) in [5, 5.41) is 11.3. The van der Waals surface area contributed by atoms with Crippen molar-refractivity contribution in [2.75, 3.05) is 0 Å². The largest absolute Gasteiger partial charge is 0.471 e. The second-order valence-electron chi connectivity index (χ2n) is 5.01. The van der Waals surface area contributed by atoms with E-state index < -0.39 is 0 Å².